The predicted octanol–water partition coefficient (Wildman–Crippen LogP) is 1.54. The summed E-state index contributed by atoms with van der Waals surface area (Å²) >= 11 is 5.75. The molecule has 0 aromatic heterocycles. The molecule has 6 nitrogen and oxygen atoms in total. The Kier molecular flexibility index (Phi) is 5.78. The van der Waals surface area contributed by atoms with Gasteiger partial charge in [-0.25, -0.2) is 9.59 Å². The van der Waals surface area contributed by atoms with Gasteiger partial charge in [0.05, 0.1) is 5.56 Å². The Hall–Kier alpha value is -1.60. The van der Waals surface area contributed by atoms with Gasteiger partial charge in [-0.1, -0.05) is 11.6 Å². The van der Waals surface area contributed by atoms with Gasteiger partial charge in [-0.3, -0.25) is 4.21 Å². The molecule has 19 heavy (non-hydrogen) atoms. The van der Waals surface area contributed by atoms with Crippen molar-refractivity contribution in [1.82, 2.24) is 5.32 Å². The van der Waals surface area contributed by atoms with E-state index in [1.807, 2.05) is 0 Å². The van der Waals surface area contributed by atoms with Gasteiger partial charge in [0.15, 0.2) is 0 Å². The third kappa shape index (κ3) is 5.71. The third-order valence-corrected chi connectivity index (χ3v) is 3.07. The number of nitrogens with one attached hydrogen (secondary N) is 2. The Morgan fingerprint density at radius 2 is 2.05 bits per heavy atom. The first-order chi connectivity index (χ1) is 8.88. The molecule has 0 saturated carbocycles. The Balaban J connectivity index is 2.63. The summed E-state index contributed by atoms with van der Waals surface area (Å²) in [5, 5.41) is 14.0. The monoisotopic (exact) mass is 304 g/mol. The predicted molar refractivity (Wildman–Crippen MR) is 74.4 cm³/mol. The first kappa shape index (κ1) is 15.5. The summed E-state index contributed by atoms with van der Waals surface area (Å²) < 4.78 is 10.8. The number of benzene rings is 1. The molecule has 0 fully saturated rings. The molecule has 0 spiro atoms. The number of hydrogen-bond acceptors (Lipinski definition) is 3. The number of anilines is 1. The lowest BCUT2D eigenvalue weighted by Gasteiger charge is -2.08. The van der Waals surface area contributed by atoms with E-state index >= 15 is 0 Å². The number of carbonyl (C=O) groups is 2. The number of carbonyl (C=O) groups excluding carboxylic acids is 1. The summed E-state index contributed by atoms with van der Waals surface area (Å²) in [6.07, 6.45) is 1.54. The van der Waals surface area contributed by atoms with Crippen LogP contribution in [-0.2, 0) is 10.8 Å². The first-order valence-corrected chi connectivity index (χ1v) is 7.38. The fourth-order valence-electron chi connectivity index (χ4n) is 1.27. The Morgan fingerprint density at radius 3 is 2.63 bits per heavy atom. The van der Waals surface area contributed by atoms with Crippen molar-refractivity contribution in [3.05, 3.63) is 28.8 Å². The Labute approximate surface area is 117 Å². The minimum Gasteiger partial charge on any atom is -0.478 e. The number of aromatic carboxylic acids is 1. The van der Waals surface area contributed by atoms with Gasteiger partial charge < -0.3 is 15.7 Å². The first-order valence-electron chi connectivity index (χ1n) is 5.27. The maximum atomic E-state index is 11.5. The molecule has 8 heteroatoms. The molecule has 3 N–H and O–H groups in total. The van der Waals surface area contributed by atoms with Crippen molar-refractivity contribution in [3.8, 4) is 0 Å². The van der Waals surface area contributed by atoms with Crippen LogP contribution in [0.1, 0.15) is 10.4 Å². The van der Waals surface area contributed by atoms with Crippen molar-refractivity contribution in [2.75, 3.05) is 23.9 Å². The van der Waals surface area contributed by atoms with E-state index in [1.165, 1.54) is 24.5 Å². The highest BCUT2D eigenvalue weighted by Gasteiger charge is 2.08. The van der Waals surface area contributed by atoms with Crippen molar-refractivity contribution in [1.29, 1.82) is 0 Å². The van der Waals surface area contributed by atoms with E-state index in [1.54, 1.807) is 0 Å². The summed E-state index contributed by atoms with van der Waals surface area (Å²) in [5.74, 6) is -0.782. The van der Waals surface area contributed by atoms with Crippen LogP contribution in [0.5, 0.6) is 0 Å². The van der Waals surface area contributed by atoms with Crippen LogP contribution in [0.3, 0.4) is 0 Å². The van der Waals surface area contributed by atoms with Gasteiger partial charge >= 0.3 is 12.0 Å². The fraction of sp³-hybridized carbons (Fsp3) is 0.273. The smallest absolute Gasteiger partial charge is 0.335 e. The van der Waals surface area contributed by atoms with Crippen LogP contribution < -0.4 is 10.6 Å². The van der Waals surface area contributed by atoms with Crippen LogP contribution in [0, 0.1) is 0 Å². The normalized spacial score (nSPS) is 11.7. The van der Waals surface area contributed by atoms with Gasteiger partial charge in [-0.05, 0) is 18.2 Å². The quantitative estimate of drug-likeness (QED) is 0.769. The molecule has 1 aromatic rings. The lowest BCUT2D eigenvalue weighted by molar-refractivity contribution is 0.0697. The summed E-state index contributed by atoms with van der Waals surface area (Å²) in [6.45, 7) is 0.265. The SMILES string of the molecule is CS(=O)CCNC(=O)Nc1cc(Cl)cc(C(=O)O)c1. The number of carboxylic acid groups (broad SMARTS) is 1. The number of amides is 2. The van der Waals surface area contributed by atoms with E-state index in [-0.39, 0.29) is 22.8 Å². The van der Waals surface area contributed by atoms with Crippen LogP contribution in [0.25, 0.3) is 0 Å². The van der Waals surface area contributed by atoms with E-state index < -0.39 is 22.8 Å². The van der Waals surface area contributed by atoms with Crippen molar-refractivity contribution >= 4 is 40.1 Å². The molecular weight excluding hydrogens is 292 g/mol. The molecule has 0 aliphatic heterocycles. The average Bonchev–Trinajstić information content (AvgIpc) is 2.27. The summed E-state index contributed by atoms with van der Waals surface area (Å²) in [5.41, 5.74) is 0.262. The van der Waals surface area contributed by atoms with Gasteiger partial charge in [-0.2, -0.15) is 0 Å². The zero-order valence-corrected chi connectivity index (χ0v) is 11.7. The fourth-order valence-corrected chi connectivity index (χ4v) is 1.89. The number of urea groups is 1. The Morgan fingerprint density at radius 1 is 1.37 bits per heavy atom. The molecule has 1 rings (SSSR count). The highest BCUT2D eigenvalue weighted by Crippen LogP contribution is 2.19. The van der Waals surface area contributed by atoms with Crippen molar-refractivity contribution in [2.24, 2.45) is 0 Å². The van der Waals surface area contributed by atoms with Gasteiger partial charge in [0, 0.05) is 40.1 Å². The molecule has 1 atom stereocenters. The van der Waals surface area contributed by atoms with Crippen LogP contribution >= 0.6 is 11.6 Å². The maximum absolute atomic E-state index is 11.5. The zero-order valence-electron chi connectivity index (χ0n) is 10.1. The van der Waals surface area contributed by atoms with Crippen molar-refractivity contribution < 1.29 is 18.9 Å². The van der Waals surface area contributed by atoms with Crippen molar-refractivity contribution in [3.63, 3.8) is 0 Å². The van der Waals surface area contributed by atoms with Crippen LogP contribution in [0.15, 0.2) is 18.2 Å². The third-order valence-electron chi connectivity index (χ3n) is 2.08. The zero-order chi connectivity index (χ0) is 14.4. The van der Waals surface area contributed by atoms with Gasteiger partial charge in [0.1, 0.15) is 0 Å². The molecule has 1 aromatic carbocycles. The summed E-state index contributed by atoms with van der Waals surface area (Å²) in [7, 11) is -0.983. The second kappa shape index (κ2) is 7.10. The number of carboxylic acids is 1. The molecule has 0 aliphatic rings. The van der Waals surface area contributed by atoms with Gasteiger partial charge in [-0.15, -0.1) is 0 Å². The summed E-state index contributed by atoms with van der Waals surface area (Å²) in [6, 6.07) is 3.51. The lowest BCUT2D eigenvalue weighted by Crippen LogP contribution is -2.31. The molecule has 0 aliphatic carbocycles. The average molecular weight is 305 g/mol. The van der Waals surface area contributed by atoms with E-state index in [4.69, 9.17) is 16.7 Å². The standard InChI is InChI=1S/C11H13ClN2O4S/c1-19(18)3-2-13-11(17)14-9-5-7(10(15)16)4-8(12)6-9/h4-6H,2-3H2,1H3,(H,15,16)(H2,13,14,17). The minimum atomic E-state index is -1.13. The molecule has 0 heterocycles. The highest BCUT2D eigenvalue weighted by molar-refractivity contribution is 7.84. The molecule has 0 radical (unpaired) electrons. The molecular formula is C11H13ClN2O4S. The molecule has 1 unspecified atom stereocenters. The van der Waals surface area contributed by atoms with Gasteiger partial charge in [0.2, 0.25) is 0 Å². The lowest BCUT2D eigenvalue weighted by atomic mass is 10.2. The molecule has 104 valence electrons. The minimum absolute atomic E-state index is 0.0162. The van der Waals surface area contributed by atoms with Crippen LogP contribution in [-0.4, -0.2) is 39.9 Å². The van der Waals surface area contributed by atoms with Crippen LogP contribution in [0.4, 0.5) is 10.5 Å². The second-order valence-corrected chi connectivity index (χ2v) is 5.68. The Bertz CT molecular complexity index is 521. The maximum Gasteiger partial charge on any atom is 0.335 e. The molecule has 0 saturated heterocycles. The number of rotatable bonds is 5. The van der Waals surface area contributed by atoms with E-state index in [9.17, 15) is 13.8 Å². The second-order valence-electron chi connectivity index (χ2n) is 3.69. The largest absolute Gasteiger partial charge is 0.478 e. The topological polar surface area (TPSA) is 95.5 Å². The van der Waals surface area contributed by atoms with Gasteiger partial charge in [0.25, 0.3) is 0 Å². The molecule has 0 bridgehead atoms. The van der Waals surface area contributed by atoms with E-state index in [2.05, 4.69) is 10.6 Å². The number of hydrogen-bond donors (Lipinski definition) is 3. The van der Waals surface area contributed by atoms with Crippen LogP contribution in [0.2, 0.25) is 5.02 Å². The van der Waals surface area contributed by atoms with E-state index in [0.29, 0.717) is 5.75 Å². The number of halogens is 1. The highest BCUT2D eigenvalue weighted by atomic mass is 35.5. The summed E-state index contributed by atoms with van der Waals surface area (Å²) in [4.78, 5) is 22.3. The van der Waals surface area contributed by atoms with E-state index in [0.717, 1.165) is 0 Å². The molecule has 2 amide bonds. The van der Waals surface area contributed by atoms with Crippen molar-refractivity contribution in [2.45, 2.75) is 0 Å².